The zero-order chi connectivity index (χ0) is 19.2. The number of hydrogen-bond acceptors (Lipinski definition) is 2. The minimum absolute atomic E-state index is 0.0819. The van der Waals surface area contributed by atoms with Crippen LogP contribution in [0.1, 0.15) is 28.9 Å². The van der Waals surface area contributed by atoms with Crippen molar-refractivity contribution in [2.24, 2.45) is 5.10 Å². The van der Waals surface area contributed by atoms with Gasteiger partial charge in [-0.3, -0.25) is 4.79 Å². The third-order valence-electron chi connectivity index (χ3n) is 4.44. The van der Waals surface area contributed by atoms with Crippen LogP contribution in [0, 0.1) is 17.4 Å². The Morgan fingerprint density at radius 3 is 2.56 bits per heavy atom. The summed E-state index contributed by atoms with van der Waals surface area (Å²) in [7, 11) is 0. The summed E-state index contributed by atoms with van der Waals surface area (Å²) >= 11 is 2.35. The maximum absolute atomic E-state index is 12.0. The highest BCUT2D eigenvalue weighted by Crippen LogP contribution is 2.23. The Morgan fingerprint density at radius 1 is 1.11 bits per heavy atom. The van der Waals surface area contributed by atoms with E-state index in [1.54, 1.807) is 6.21 Å². The number of aryl methyl sites for hydroxylation is 2. The smallest absolute Gasteiger partial charge is 0.240 e. The van der Waals surface area contributed by atoms with Crippen molar-refractivity contribution in [2.75, 3.05) is 0 Å². The van der Waals surface area contributed by atoms with Crippen LogP contribution < -0.4 is 5.43 Å². The van der Waals surface area contributed by atoms with Gasteiger partial charge in [0.1, 0.15) is 0 Å². The lowest BCUT2D eigenvalue weighted by Crippen LogP contribution is -2.17. The molecule has 0 saturated heterocycles. The van der Waals surface area contributed by atoms with Gasteiger partial charge in [-0.1, -0.05) is 42.5 Å². The van der Waals surface area contributed by atoms with Crippen molar-refractivity contribution in [1.82, 2.24) is 9.99 Å². The molecule has 0 aliphatic carbocycles. The van der Waals surface area contributed by atoms with Gasteiger partial charge in [-0.2, -0.15) is 5.10 Å². The van der Waals surface area contributed by atoms with Crippen molar-refractivity contribution in [1.29, 1.82) is 0 Å². The van der Waals surface area contributed by atoms with E-state index in [0.717, 1.165) is 28.2 Å². The van der Waals surface area contributed by atoms with Crippen molar-refractivity contribution in [3.05, 3.63) is 86.7 Å². The third-order valence-corrected chi connectivity index (χ3v) is 5.35. The van der Waals surface area contributed by atoms with Crippen molar-refractivity contribution >= 4 is 34.7 Å². The Labute approximate surface area is 173 Å². The summed E-state index contributed by atoms with van der Waals surface area (Å²) in [6, 6.07) is 20.3. The van der Waals surface area contributed by atoms with Gasteiger partial charge >= 0.3 is 0 Å². The number of hydrazone groups is 1. The molecule has 1 amide bonds. The minimum Gasteiger partial charge on any atom is -0.317 e. The molecule has 4 nitrogen and oxygen atoms in total. The highest BCUT2D eigenvalue weighted by atomic mass is 127. The largest absolute Gasteiger partial charge is 0.317 e. The second kappa shape index (κ2) is 8.99. The molecule has 0 aliphatic heterocycles. The Bertz CT molecular complexity index is 961. The molecular formula is C22H22IN3O. The number of halogens is 1. The summed E-state index contributed by atoms with van der Waals surface area (Å²) in [5, 5.41) is 4.15. The molecule has 0 fully saturated rings. The first-order chi connectivity index (χ1) is 13.1. The number of nitrogens with zero attached hydrogens (tertiary/aromatic N) is 2. The fourth-order valence-corrected chi connectivity index (χ4v) is 3.68. The predicted octanol–water partition coefficient (Wildman–Crippen LogP) is 4.78. The molecule has 0 aliphatic rings. The maximum Gasteiger partial charge on any atom is 0.240 e. The normalized spacial score (nSPS) is 11.1. The van der Waals surface area contributed by atoms with Gasteiger partial charge in [-0.05, 0) is 66.6 Å². The van der Waals surface area contributed by atoms with E-state index in [-0.39, 0.29) is 5.91 Å². The Hall–Kier alpha value is -2.41. The molecule has 3 aromatic rings. The van der Waals surface area contributed by atoms with E-state index in [1.165, 1.54) is 3.57 Å². The van der Waals surface area contributed by atoms with Gasteiger partial charge in [0.15, 0.2) is 0 Å². The number of rotatable bonds is 6. The van der Waals surface area contributed by atoms with Crippen LogP contribution in [0.25, 0.3) is 5.69 Å². The molecule has 5 heteroatoms. The molecule has 0 saturated carbocycles. The molecule has 27 heavy (non-hydrogen) atoms. The fourth-order valence-electron chi connectivity index (χ4n) is 3.05. The van der Waals surface area contributed by atoms with E-state index in [9.17, 15) is 4.79 Å². The van der Waals surface area contributed by atoms with Crippen LogP contribution in [0.15, 0.2) is 65.8 Å². The quantitative estimate of drug-likeness (QED) is 0.314. The molecule has 1 heterocycles. The summed E-state index contributed by atoms with van der Waals surface area (Å²) in [6.45, 7) is 4.14. The van der Waals surface area contributed by atoms with Crippen LogP contribution in [-0.4, -0.2) is 16.7 Å². The molecule has 3 rings (SSSR count). The molecule has 0 atom stereocenters. The van der Waals surface area contributed by atoms with Gasteiger partial charge < -0.3 is 4.57 Å². The number of carbonyl (C=O) groups is 1. The van der Waals surface area contributed by atoms with Crippen LogP contribution in [-0.2, 0) is 11.2 Å². The SMILES string of the molecule is Cc1cc(/C=N\NC(=O)CCc2ccccc2)c(C)n1-c1ccccc1I. The van der Waals surface area contributed by atoms with Crippen molar-refractivity contribution in [2.45, 2.75) is 26.7 Å². The average molecular weight is 471 g/mol. The van der Waals surface area contributed by atoms with Crippen molar-refractivity contribution in [3.63, 3.8) is 0 Å². The molecule has 2 aromatic carbocycles. The van der Waals surface area contributed by atoms with E-state index in [2.05, 4.69) is 69.7 Å². The zero-order valence-corrected chi connectivity index (χ0v) is 17.6. The Kier molecular flexibility index (Phi) is 6.45. The van der Waals surface area contributed by atoms with Crippen molar-refractivity contribution < 1.29 is 4.79 Å². The van der Waals surface area contributed by atoms with Gasteiger partial charge in [0.25, 0.3) is 0 Å². The molecule has 0 bridgehead atoms. The summed E-state index contributed by atoms with van der Waals surface area (Å²) < 4.78 is 3.40. The summed E-state index contributed by atoms with van der Waals surface area (Å²) in [6.07, 6.45) is 2.85. The number of hydrogen-bond donors (Lipinski definition) is 1. The van der Waals surface area contributed by atoms with Crippen LogP contribution in [0.5, 0.6) is 0 Å². The van der Waals surface area contributed by atoms with Gasteiger partial charge in [-0.25, -0.2) is 5.43 Å². The molecular weight excluding hydrogens is 449 g/mol. The molecule has 138 valence electrons. The number of carbonyl (C=O) groups excluding carboxylic acids is 1. The van der Waals surface area contributed by atoms with E-state index < -0.39 is 0 Å². The van der Waals surface area contributed by atoms with Crippen LogP contribution >= 0.6 is 22.6 Å². The molecule has 0 radical (unpaired) electrons. The van der Waals surface area contributed by atoms with E-state index in [4.69, 9.17) is 0 Å². The number of amides is 1. The summed E-state index contributed by atoms with van der Waals surface area (Å²) in [5.74, 6) is -0.0819. The lowest BCUT2D eigenvalue weighted by molar-refractivity contribution is -0.121. The Balaban J connectivity index is 1.65. The topological polar surface area (TPSA) is 46.4 Å². The second-order valence-corrected chi connectivity index (χ2v) is 7.55. The maximum atomic E-state index is 12.0. The standard InChI is InChI=1S/C22H22IN3O/c1-16-14-19(17(2)26(16)21-11-7-6-10-20(21)23)15-24-25-22(27)13-12-18-8-4-3-5-9-18/h3-11,14-15H,12-13H2,1-2H3,(H,25,27)/b24-15-. The van der Waals surface area contributed by atoms with Gasteiger partial charge in [0.2, 0.25) is 5.91 Å². The van der Waals surface area contributed by atoms with Crippen LogP contribution in [0.4, 0.5) is 0 Å². The van der Waals surface area contributed by atoms with Gasteiger partial charge in [0.05, 0.1) is 11.9 Å². The number of benzene rings is 2. The first-order valence-electron chi connectivity index (χ1n) is 8.86. The van der Waals surface area contributed by atoms with E-state index in [1.807, 2.05) is 42.5 Å². The molecule has 1 aromatic heterocycles. The average Bonchev–Trinajstić information content (AvgIpc) is 2.95. The lowest BCUT2D eigenvalue weighted by Gasteiger charge is -2.11. The monoisotopic (exact) mass is 471 g/mol. The third kappa shape index (κ3) is 4.86. The first kappa shape index (κ1) is 19.4. The fraction of sp³-hybridized carbons (Fsp3) is 0.182. The van der Waals surface area contributed by atoms with Gasteiger partial charge in [-0.15, -0.1) is 0 Å². The van der Waals surface area contributed by atoms with Gasteiger partial charge in [0, 0.05) is 26.9 Å². The predicted molar refractivity (Wildman–Crippen MR) is 118 cm³/mol. The summed E-state index contributed by atoms with van der Waals surface area (Å²) in [5.41, 5.74) is 8.16. The number of para-hydroxylation sites is 1. The lowest BCUT2D eigenvalue weighted by atomic mass is 10.1. The first-order valence-corrected chi connectivity index (χ1v) is 9.94. The van der Waals surface area contributed by atoms with Crippen LogP contribution in [0.3, 0.4) is 0 Å². The molecule has 1 N–H and O–H groups in total. The second-order valence-electron chi connectivity index (χ2n) is 6.39. The van der Waals surface area contributed by atoms with Crippen molar-refractivity contribution in [3.8, 4) is 5.69 Å². The highest BCUT2D eigenvalue weighted by molar-refractivity contribution is 14.1. The molecule has 0 unspecified atom stereocenters. The zero-order valence-electron chi connectivity index (χ0n) is 15.4. The number of aromatic nitrogens is 1. The molecule has 0 spiro atoms. The minimum atomic E-state index is -0.0819. The number of nitrogens with one attached hydrogen (secondary N) is 1. The van der Waals surface area contributed by atoms with E-state index >= 15 is 0 Å². The Morgan fingerprint density at radius 2 is 1.81 bits per heavy atom. The summed E-state index contributed by atoms with van der Waals surface area (Å²) in [4.78, 5) is 12.0. The van der Waals surface area contributed by atoms with Crippen LogP contribution in [0.2, 0.25) is 0 Å². The highest BCUT2D eigenvalue weighted by Gasteiger charge is 2.11. The van der Waals surface area contributed by atoms with E-state index in [0.29, 0.717) is 12.8 Å².